The third-order valence-corrected chi connectivity index (χ3v) is 3.38. The van der Waals surface area contributed by atoms with Crippen LogP contribution in [0.4, 0.5) is 0 Å². The summed E-state index contributed by atoms with van der Waals surface area (Å²) >= 11 is 0. The Morgan fingerprint density at radius 3 is 2.88 bits per heavy atom. The van der Waals surface area contributed by atoms with E-state index in [2.05, 4.69) is 69.0 Å². The highest BCUT2D eigenvalue weighted by Crippen LogP contribution is 2.30. The Morgan fingerprint density at radius 2 is 2.06 bits per heavy atom. The van der Waals surface area contributed by atoms with Crippen LogP contribution in [0.25, 0.3) is 0 Å². The Labute approximate surface area is 104 Å². The minimum atomic E-state index is 0.505. The SMILES string of the molecule is C=C1/C=C\C(C)=C/C(C)C2=CC=CCC2/C=C\1. The molecule has 0 saturated carbocycles. The Balaban J connectivity index is 2.40. The molecule has 0 aromatic rings. The van der Waals surface area contributed by atoms with E-state index in [0.29, 0.717) is 11.8 Å². The zero-order valence-corrected chi connectivity index (χ0v) is 10.7. The second-order valence-corrected chi connectivity index (χ2v) is 4.90. The van der Waals surface area contributed by atoms with Gasteiger partial charge in [0.05, 0.1) is 0 Å². The molecule has 0 fully saturated rings. The van der Waals surface area contributed by atoms with Gasteiger partial charge in [-0.2, -0.15) is 0 Å². The summed E-state index contributed by atoms with van der Waals surface area (Å²) in [7, 11) is 0. The van der Waals surface area contributed by atoms with Gasteiger partial charge < -0.3 is 0 Å². The summed E-state index contributed by atoms with van der Waals surface area (Å²) in [4.78, 5) is 0. The number of fused-ring (bicyclic) bond motifs is 1. The van der Waals surface area contributed by atoms with Gasteiger partial charge >= 0.3 is 0 Å². The number of rotatable bonds is 0. The Morgan fingerprint density at radius 1 is 1.24 bits per heavy atom. The van der Waals surface area contributed by atoms with Crippen LogP contribution in [0.15, 0.2) is 71.9 Å². The van der Waals surface area contributed by atoms with Gasteiger partial charge in [-0.15, -0.1) is 0 Å². The minimum Gasteiger partial charge on any atom is -0.0918 e. The monoisotopic (exact) mass is 224 g/mol. The first-order valence-electron chi connectivity index (χ1n) is 6.27. The van der Waals surface area contributed by atoms with Gasteiger partial charge in [-0.1, -0.05) is 73.3 Å². The Hall–Kier alpha value is -1.56. The van der Waals surface area contributed by atoms with Gasteiger partial charge in [0.15, 0.2) is 0 Å². The lowest BCUT2D eigenvalue weighted by atomic mass is 9.82. The summed E-state index contributed by atoms with van der Waals surface area (Å²) in [6.45, 7) is 8.47. The number of hydrogen-bond acceptors (Lipinski definition) is 0. The lowest BCUT2D eigenvalue weighted by Crippen LogP contribution is -2.10. The van der Waals surface area contributed by atoms with Gasteiger partial charge in [-0.05, 0) is 24.8 Å². The molecule has 0 heteroatoms. The van der Waals surface area contributed by atoms with E-state index in [1.165, 1.54) is 11.1 Å². The van der Waals surface area contributed by atoms with Crippen LogP contribution in [0.2, 0.25) is 0 Å². The average Bonchev–Trinajstić information content (AvgIpc) is 2.33. The van der Waals surface area contributed by atoms with Crippen molar-refractivity contribution in [3.63, 3.8) is 0 Å². The fourth-order valence-corrected chi connectivity index (χ4v) is 2.42. The molecule has 2 unspecified atom stereocenters. The largest absolute Gasteiger partial charge is 0.0918 e. The van der Waals surface area contributed by atoms with Crippen LogP contribution in [0, 0.1) is 11.8 Å². The lowest BCUT2D eigenvalue weighted by molar-refractivity contribution is 0.663. The van der Waals surface area contributed by atoms with Gasteiger partial charge in [0.1, 0.15) is 0 Å². The highest BCUT2D eigenvalue weighted by atomic mass is 14.2. The summed E-state index contributed by atoms with van der Waals surface area (Å²) in [5.74, 6) is 1.04. The van der Waals surface area contributed by atoms with Crippen molar-refractivity contribution in [2.75, 3.05) is 0 Å². The van der Waals surface area contributed by atoms with Crippen molar-refractivity contribution in [3.05, 3.63) is 71.9 Å². The van der Waals surface area contributed by atoms with E-state index in [4.69, 9.17) is 0 Å². The van der Waals surface area contributed by atoms with E-state index in [9.17, 15) is 0 Å². The molecular weight excluding hydrogens is 204 g/mol. The van der Waals surface area contributed by atoms with Crippen molar-refractivity contribution in [3.8, 4) is 0 Å². The molecule has 0 amide bonds. The average molecular weight is 224 g/mol. The van der Waals surface area contributed by atoms with Crippen molar-refractivity contribution in [1.29, 1.82) is 0 Å². The molecule has 0 heterocycles. The molecule has 2 atom stereocenters. The molecule has 2 aliphatic carbocycles. The van der Waals surface area contributed by atoms with E-state index in [-0.39, 0.29) is 0 Å². The third kappa shape index (κ3) is 2.97. The second-order valence-electron chi connectivity index (χ2n) is 4.90. The lowest BCUT2D eigenvalue weighted by Gasteiger charge is -2.23. The zero-order valence-electron chi connectivity index (χ0n) is 10.7. The summed E-state index contributed by atoms with van der Waals surface area (Å²) in [5.41, 5.74) is 3.88. The third-order valence-electron chi connectivity index (χ3n) is 3.38. The van der Waals surface area contributed by atoms with Gasteiger partial charge in [0.25, 0.3) is 0 Å². The quantitative estimate of drug-likeness (QED) is 0.557. The zero-order chi connectivity index (χ0) is 12.3. The molecule has 0 nitrogen and oxygen atoms in total. The van der Waals surface area contributed by atoms with Crippen LogP contribution in [0.3, 0.4) is 0 Å². The van der Waals surface area contributed by atoms with E-state index < -0.39 is 0 Å². The molecule has 0 aliphatic heterocycles. The Bertz CT molecular complexity index is 452. The van der Waals surface area contributed by atoms with Crippen molar-refractivity contribution in [2.45, 2.75) is 20.3 Å². The molecule has 0 bridgehead atoms. The molecule has 0 N–H and O–H groups in total. The molecule has 0 spiro atoms. The van der Waals surface area contributed by atoms with Crippen LogP contribution in [0.1, 0.15) is 20.3 Å². The van der Waals surface area contributed by atoms with Crippen LogP contribution >= 0.6 is 0 Å². The molecule has 2 aliphatic rings. The van der Waals surface area contributed by atoms with Crippen LogP contribution in [0.5, 0.6) is 0 Å². The summed E-state index contributed by atoms with van der Waals surface area (Å²) in [5, 5.41) is 0. The fraction of sp³-hybridized carbons (Fsp3) is 0.294. The van der Waals surface area contributed by atoms with Crippen molar-refractivity contribution >= 4 is 0 Å². The molecule has 0 aromatic carbocycles. The first-order valence-corrected chi connectivity index (χ1v) is 6.27. The van der Waals surface area contributed by atoms with Gasteiger partial charge in [-0.3, -0.25) is 0 Å². The second kappa shape index (κ2) is 5.18. The highest BCUT2D eigenvalue weighted by Gasteiger charge is 2.17. The summed E-state index contributed by atoms with van der Waals surface area (Å²) in [6.07, 6.45) is 18.8. The smallest absolute Gasteiger partial charge is 0.00236 e. The standard InChI is InChI=1S/C17H20/c1-13-8-9-14(2)12-15(3)17-7-5-4-6-16(17)11-10-13/h4-5,7-12,15-16H,1,6H2,2-3H3/b9-8-,11-10-,14-12-. The van der Waals surface area contributed by atoms with Crippen molar-refractivity contribution in [2.24, 2.45) is 11.8 Å². The maximum Gasteiger partial charge on any atom is 0.00236 e. The minimum absolute atomic E-state index is 0.505. The molecule has 0 radical (unpaired) electrons. The Kier molecular flexibility index (Phi) is 3.63. The predicted molar refractivity (Wildman–Crippen MR) is 75.7 cm³/mol. The van der Waals surface area contributed by atoms with E-state index >= 15 is 0 Å². The summed E-state index contributed by atoms with van der Waals surface area (Å²) in [6, 6.07) is 0. The predicted octanol–water partition coefficient (Wildman–Crippen LogP) is 4.75. The maximum atomic E-state index is 4.04. The highest BCUT2D eigenvalue weighted by molar-refractivity contribution is 5.38. The van der Waals surface area contributed by atoms with Gasteiger partial charge in [-0.25, -0.2) is 0 Å². The van der Waals surface area contributed by atoms with Crippen LogP contribution in [-0.4, -0.2) is 0 Å². The normalized spacial score (nSPS) is 35.3. The van der Waals surface area contributed by atoms with Gasteiger partial charge in [0.2, 0.25) is 0 Å². The molecule has 88 valence electrons. The van der Waals surface area contributed by atoms with E-state index in [0.717, 1.165) is 12.0 Å². The van der Waals surface area contributed by atoms with E-state index in [1.54, 1.807) is 0 Å². The van der Waals surface area contributed by atoms with Crippen molar-refractivity contribution < 1.29 is 0 Å². The van der Waals surface area contributed by atoms with E-state index in [1.807, 2.05) is 0 Å². The molecule has 17 heavy (non-hydrogen) atoms. The molecule has 0 saturated heterocycles. The summed E-state index contributed by atoms with van der Waals surface area (Å²) < 4.78 is 0. The molecule has 0 aromatic heterocycles. The molecule has 2 rings (SSSR count). The van der Waals surface area contributed by atoms with Crippen LogP contribution < -0.4 is 0 Å². The van der Waals surface area contributed by atoms with Gasteiger partial charge in [0, 0.05) is 5.92 Å². The van der Waals surface area contributed by atoms with Crippen molar-refractivity contribution in [1.82, 2.24) is 0 Å². The molecular formula is C17H20. The number of hydrogen-bond donors (Lipinski definition) is 0. The first-order chi connectivity index (χ1) is 8.16. The number of allylic oxidation sites excluding steroid dienone is 11. The first kappa shape index (κ1) is 11.9. The fourth-order valence-electron chi connectivity index (χ4n) is 2.42. The maximum absolute atomic E-state index is 4.04. The van der Waals surface area contributed by atoms with Crippen LogP contribution in [-0.2, 0) is 0 Å². The topological polar surface area (TPSA) is 0 Å².